The van der Waals surface area contributed by atoms with E-state index in [0.717, 1.165) is 58.8 Å². The SMILES string of the molecule is CCC(N)=O.NC1(C(=O)NCCCc2nc3ccc(Cl)cc3s2)CCCCC1. The molecule has 1 fully saturated rings. The molecule has 1 aliphatic carbocycles. The van der Waals surface area contributed by atoms with Crippen LogP contribution in [0.4, 0.5) is 0 Å². The molecule has 1 aromatic heterocycles. The lowest BCUT2D eigenvalue weighted by atomic mass is 9.82. The Hall–Kier alpha value is -1.70. The fraction of sp³-hybridized carbons (Fsp3) is 0.550. The van der Waals surface area contributed by atoms with Crippen LogP contribution in [0.15, 0.2) is 18.2 Å². The number of carbonyl (C=O) groups excluding carboxylic acids is 2. The number of primary amides is 1. The van der Waals surface area contributed by atoms with Crippen molar-refractivity contribution in [3.63, 3.8) is 0 Å². The second kappa shape index (κ2) is 10.7. The molecule has 6 nitrogen and oxygen atoms in total. The predicted octanol–water partition coefficient (Wildman–Crippen LogP) is 3.54. The monoisotopic (exact) mass is 424 g/mol. The van der Waals surface area contributed by atoms with Crippen LogP contribution in [0, 0.1) is 0 Å². The first-order chi connectivity index (χ1) is 13.3. The van der Waals surface area contributed by atoms with Crippen LogP contribution >= 0.6 is 22.9 Å². The van der Waals surface area contributed by atoms with Gasteiger partial charge in [-0.3, -0.25) is 9.59 Å². The van der Waals surface area contributed by atoms with Crippen molar-refractivity contribution >= 4 is 45.0 Å². The van der Waals surface area contributed by atoms with Crippen LogP contribution in [0.25, 0.3) is 10.2 Å². The minimum absolute atomic E-state index is 0.00767. The average Bonchev–Trinajstić information content (AvgIpc) is 3.08. The summed E-state index contributed by atoms with van der Waals surface area (Å²) in [4.78, 5) is 26.4. The fourth-order valence-electron chi connectivity index (χ4n) is 3.08. The van der Waals surface area contributed by atoms with Crippen molar-refractivity contribution in [2.75, 3.05) is 6.54 Å². The standard InChI is InChI=1S/C17H22ClN3OS.C3H7NO/c18-12-6-7-13-14(11-12)23-15(21-13)5-4-10-20-16(22)17(19)8-2-1-3-9-17;1-2-3(4)5/h6-7,11H,1-5,8-10,19H2,(H,20,22);2H2,1H3,(H2,4,5). The number of halogens is 1. The zero-order valence-corrected chi connectivity index (χ0v) is 17.9. The summed E-state index contributed by atoms with van der Waals surface area (Å²) in [5.74, 6) is -0.238. The Kier molecular flexibility index (Phi) is 8.66. The number of carbonyl (C=O) groups is 2. The molecule has 0 unspecified atom stereocenters. The highest BCUT2D eigenvalue weighted by atomic mass is 35.5. The molecule has 28 heavy (non-hydrogen) atoms. The van der Waals surface area contributed by atoms with Crippen molar-refractivity contribution < 1.29 is 9.59 Å². The van der Waals surface area contributed by atoms with Crippen LogP contribution in [0.2, 0.25) is 5.02 Å². The van der Waals surface area contributed by atoms with Crippen molar-refractivity contribution in [1.29, 1.82) is 0 Å². The van der Waals surface area contributed by atoms with Crippen molar-refractivity contribution in [3.8, 4) is 0 Å². The van der Waals surface area contributed by atoms with Crippen molar-refractivity contribution in [3.05, 3.63) is 28.2 Å². The molecule has 1 heterocycles. The van der Waals surface area contributed by atoms with Crippen LogP contribution in [-0.2, 0) is 16.0 Å². The van der Waals surface area contributed by atoms with E-state index in [0.29, 0.717) is 13.0 Å². The van der Waals surface area contributed by atoms with Gasteiger partial charge in [0.15, 0.2) is 0 Å². The van der Waals surface area contributed by atoms with E-state index in [1.807, 2.05) is 18.2 Å². The molecule has 2 amide bonds. The molecular weight excluding hydrogens is 396 g/mol. The first-order valence-corrected chi connectivity index (χ1v) is 10.9. The summed E-state index contributed by atoms with van der Waals surface area (Å²) in [7, 11) is 0. The lowest BCUT2D eigenvalue weighted by molar-refractivity contribution is -0.127. The Morgan fingerprint density at radius 1 is 1.29 bits per heavy atom. The maximum Gasteiger partial charge on any atom is 0.240 e. The van der Waals surface area contributed by atoms with E-state index in [1.165, 1.54) is 6.42 Å². The maximum absolute atomic E-state index is 12.2. The molecule has 0 spiro atoms. The second-order valence-electron chi connectivity index (χ2n) is 7.12. The highest BCUT2D eigenvalue weighted by Gasteiger charge is 2.34. The third kappa shape index (κ3) is 6.72. The van der Waals surface area contributed by atoms with E-state index in [9.17, 15) is 9.59 Å². The number of aromatic nitrogens is 1. The molecule has 1 aliphatic rings. The summed E-state index contributed by atoms with van der Waals surface area (Å²) < 4.78 is 1.11. The number of hydrogen-bond acceptors (Lipinski definition) is 5. The summed E-state index contributed by atoms with van der Waals surface area (Å²) in [5, 5.41) is 4.81. The minimum Gasteiger partial charge on any atom is -0.370 e. The van der Waals surface area contributed by atoms with Gasteiger partial charge in [-0.05, 0) is 37.5 Å². The number of thiazole rings is 1. The molecule has 5 N–H and O–H groups in total. The van der Waals surface area contributed by atoms with Crippen molar-refractivity contribution in [2.45, 2.75) is 63.8 Å². The molecule has 0 bridgehead atoms. The van der Waals surface area contributed by atoms with Gasteiger partial charge in [0.1, 0.15) is 0 Å². The van der Waals surface area contributed by atoms with Gasteiger partial charge in [0.2, 0.25) is 11.8 Å². The van der Waals surface area contributed by atoms with Crippen LogP contribution in [0.3, 0.4) is 0 Å². The predicted molar refractivity (Wildman–Crippen MR) is 115 cm³/mol. The van der Waals surface area contributed by atoms with E-state index >= 15 is 0 Å². The summed E-state index contributed by atoms with van der Waals surface area (Å²) in [6.07, 6.45) is 7.07. The van der Waals surface area contributed by atoms with Gasteiger partial charge in [-0.15, -0.1) is 11.3 Å². The summed E-state index contributed by atoms with van der Waals surface area (Å²) >= 11 is 7.66. The normalized spacial score (nSPS) is 15.5. The van der Waals surface area contributed by atoms with Gasteiger partial charge < -0.3 is 16.8 Å². The summed E-state index contributed by atoms with van der Waals surface area (Å²) in [6, 6.07) is 5.75. The molecule has 8 heteroatoms. The first kappa shape index (κ1) is 22.6. The number of nitrogens with two attached hydrogens (primary N) is 2. The van der Waals surface area contributed by atoms with Gasteiger partial charge in [0.05, 0.1) is 20.8 Å². The van der Waals surface area contributed by atoms with Crippen LogP contribution in [0.1, 0.15) is 56.9 Å². The number of hydrogen-bond donors (Lipinski definition) is 3. The topological polar surface area (TPSA) is 111 Å². The van der Waals surface area contributed by atoms with Crippen molar-refractivity contribution in [1.82, 2.24) is 10.3 Å². The molecule has 1 aromatic carbocycles. The second-order valence-corrected chi connectivity index (χ2v) is 8.67. The number of fused-ring (bicyclic) bond motifs is 1. The van der Waals surface area contributed by atoms with E-state index in [2.05, 4.69) is 16.0 Å². The molecular formula is C20H29ClN4O2S. The molecule has 0 radical (unpaired) electrons. The van der Waals surface area contributed by atoms with Crippen LogP contribution in [-0.4, -0.2) is 28.9 Å². The first-order valence-electron chi connectivity index (χ1n) is 9.74. The van der Waals surface area contributed by atoms with E-state index in [4.69, 9.17) is 17.3 Å². The Morgan fingerprint density at radius 3 is 2.61 bits per heavy atom. The third-order valence-corrected chi connectivity index (χ3v) is 6.11. The number of nitrogens with one attached hydrogen (secondary N) is 1. The molecule has 1 saturated carbocycles. The molecule has 154 valence electrons. The van der Waals surface area contributed by atoms with Gasteiger partial charge in [-0.1, -0.05) is 37.8 Å². The summed E-state index contributed by atoms with van der Waals surface area (Å²) in [6.45, 7) is 2.37. The van der Waals surface area contributed by atoms with Gasteiger partial charge in [0, 0.05) is 24.4 Å². The Morgan fingerprint density at radius 2 is 1.96 bits per heavy atom. The number of aryl methyl sites for hydroxylation is 1. The smallest absolute Gasteiger partial charge is 0.240 e. The minimum atomic E-state index is -0.648. The fourth-order valence-corrected chi connectivity index (χ4v) is 4.37. The largest absolute Gasteiger partial charge is 0.370 e. The summed E-state index contributed by atoms with van der Waals surface area (Å²) in [5.41, 5.74) is 11.2. The zero-order chi connectivity index (χ0) is 20.6. The number of amides is 2. The molecule has 0 saturated heterocycles. The quantitative estimate of drug-likeness (QED) is 0.615. The van der Waals surface area contributed by atoms with Crippen LogP contribution in [0.5, 0.6) is 0 Å². The van der Waals surface area contributed by atoms with Crippen LogP contribution < -0.4 is 16.8 Å². The van der Waals surface area contributed by atoms with E-state index in [1.54, 1.807) is 18.3 Å². The van der Waals surface area contributed by atoms with Gasteiger partial charge in [-0.25, -0.2) is 4.98 Å². The van der Waals surface area contributed by atoms with Gasteiger partial charge >= 0.3 is 0 Å². The lowest BCUT2D eigenvalue weighted by Crippen LogP contribution is -2.55. The molecule has 0 atom stereocenters. The van der Waals surface area contributed by atoms with Crippen molar-refractivity contribution in [2.24, 2.45) is 11.5 Å². The highest BCUT2D eigenvalue weighted by molar-refractivity contribution is 7.18. The number of nitrogens with zero attached hydrogens (tertiary/aromatic N) is 1. The molecule has 3 rings (SSSR count). The van der Waals surface area contributed by atoms with E-state index < -0.39 is 5.54 Å². The Bertz CT molecular complexity index is 803. The van der Waals surface area contributed by atoms with Gasteiger partial charge in [-0.2, -0.15) is 0 Å². The zero-order valence-electron chi connectivity index (χ0n) is 16.3. The highest BCUT2D eigenvalue weighted by Crippen LogP contribution is 2.27. The van der Waals surface area contributed by atoms with E-state index in [-0.39, 0.29) is 11.8 Å². The number of benzene rings is 1. The molecule has 2 aromatic rings. The number of rotatable bonds is 6. The molecule has 0 aliphatic heterocycles. The Balaban J connectivity index is 0.000000500. The van der Waals surface area contributed by atoms with Gasteiger partial charge in [0.25, 0.3) is 0 Å². The third-order valence-electron chi connectivity index (χ3n) is 4.79. The average molecular weight is 425 g/mol. The lowest BCUT2D eigenvalue weighted by Gasteiger charge is -2.31. The Labute approximate surface area is 175 Å². The maximum atomic E-state index is 12.2.